The highest BCUT2D eigenvalue weighted by atomic mass is 16.5. The molecule has 0 radical (unpaired) electrons. The predicted molar refractivity (Wildman–Crippen MR) is 69.6 cm³/mol. The second kappa shape index (κ2) is 5.53. The third-order valence-corrected chi connectivity index (χ3v) is 2.42. The fourth-order valence-electron chi connectivity index (χ4n) is 1.44. The van der Waals surface area contributed by atoms with Crippen LogP contribution in [0, 0.1) is 5.92 Å². The lowest BCUT2D eigenvalue weighted by molar-refractivity contribution is 0.415. The van der Waals surface area contributed by atoms with Gasteiger partial charge in [-0.25, -0.2) is 0 Å². The van der Waals surface area contributed by atoms with Gasteiger partial charge in [-0.15, -0.1) is 5.10 Å². The van der Waals surface area contributed by atoms with Gasteiger partial charge in [-0.1, -0.05) is 18.9 Å². The van der Waals surface area contributed by atoms with E-state index >= 15 is 0 Å². The Hall–Kier alpha value is -2.04. The van der Waals surface area contributed by atoms with Gasteiger partial charge in [0.2, 0.25) is 5.89 Å². The van der Waals surface area contributed by atoms with Crippen LogP contribution in [0.15, 0.2) is 28.7 Å². The first kappa shape index (κ1) is 12.4. The summed E-state index contributed by atoms with van der Waals surface area (Å²) >= 11 is 0. The van der Waals surface area contributed by atoms with Crippen LogP contribution in [0.3, 0.4) is 0 Å². The van der Waals surface area contributed by atoms with Gasteiger partial charge in [0.15, 0.2) is 0 Å². The molecule has 0 atom stereocenters. The van der Waals surface area contributed by atoms with Gasteiger partial charge in [-0.3, -0.25) is 0 Å². The molecule has 0 aliphatic heterocycles. The minimum Gasteiger partial charge on any atom is -0.497 e. The van der Waals surface area contributed by atoms with Crippen molar-refractivity contribution in [2.75, 3.05) is 19.0 Å². The van der Waals surface area contributed by atoms with Gasteiger partial charge in [-0.05, 0) is 30.2 Å². The van der Waals surface area contributed by atoms with E-state index in [9.17, 15) is 0 Å². The monoisotopic (exact) mass is 247 g/mol. The zero-order chi connectivity index (χ0) is 13.0. The Morgan fingerprint density at radius 2 is 1.94 bits per heavy atom. The number of methoxy groups -OCH3 is 1. The average Bonchev–Trinajstić information content (AvgIpc) is 2.85. The lowest BCUT2D eigenvalue weighted by Crippen LogP contribution is -2.07. The van der Waals surface area contributed by atoms with Crippen molar-refractivity contribution < 1.29 is 9.15 Å². The zero-order valence-electron chi connectivity index (χ0n) is 10.8. The second-order valence-electron chi connectivity index (χ2n) is 4.42. The van der Waals surface area contributed by atoms with Gasteiger partial charge in [0.1, 0.15) is 5.75 Å². The third kappa shape index (κ3) is 3.00. The summed E-state index contributed by atoms with van der Waals surface area (Å²) < 4.78 is 10.6. The van der Waals surface area contributed by atoms with Crippen molar-refractivity contribution in [3.05, 3.63) is 24.3 Å². The summed E-state index contributed by atoms with van der Waals surface area (Å²) in [4.78, 5) is 0. The summed E-state index contributed by atoms with van der Waals surface area (Å²) in [7, 11) is 1.63. The maximum atomic E-state index is 5.52. The molecule has 0 saturated carbocycles. The molecule has 0 bridgehead atoms. The van der Waals surface area contributed by atoms with Crippen LogP contribution in [0.2, 0.25) is 0 Å². The summed E-state index contributed by atoms with van der Waals surface area (Å²) in [6.45, 7) is 5.05. The van der Waals surface area contributed by atoms with Crippen LogP contribution in [0.25, 0.3) is 11.5 Å². The van der Waals surface area contributed by atoms with E-state index in [2.05, 4.69) is 29.4 Å². The quantitative estimate of drug-likeness (QED) is 0.880. The molecule has 1 heterocycles. The van der Waals surface area contributed by atoms with Crippen molar-refractivity contribution in [3.8, 4) is 17.2 Å². The highest BCUT2D eigenvalue weighted by Crippen LogP contribution is 2.22. The molecule has 1 aromatic heterocycles. The van der Waals surface area contributed by atoms with Gasteiger partial charge in [-0.2, -0.15) is 0 Å². The van der Waals surface area contributed by atoms with Crippen molar-refractivity contribution in [2.24, 2.45) is 5.92 Å². The molecule has 1 aromatic carbocycles. The van der Waals surface area contributed by atoms with Crippen LogP contribution in [0.4, 0.5) is 6.01 Å². The molecule has 0 aliphatic carbocycles. The van der Waals surface area contributed by atoms with Crippen molar-refractivity contribution in [2.45, 2.75) is 13.8 Å². The first-order valence-electron chi connectivity index (χ1n) is 5.91. The summed E-state index contributed by atoms with van der Waals surface area (Å²) in [6, 6.07) is 7.95. The predicted octanol–water partition coefficient (Wildman–Crippen LogP) is 2.81. The number of ether oxygens (including phenoxy) is 1. The molecular weight excluding hydrogens is 230 g/mol. The first-order chi connectivity index (χ1) is 8.69. The summed E-state index contributed by atoms with van der Waals surface area (Å²) in [5, 5.41) is 11.0. The summed E-state index contributed by atoms with van der Waals surface area (Å²) in [5.41, 5.74) is 0.876. The lowest BCUT2D eigenvalue weighted by Gasteiger charge is -2.03. The number of nitrogens with zero attached hydrogens (tertiary/aromatic N) is 2. The average molecular weight is 247 g/mol. The smallest absolute Gasteiger partial charge is 0.315 e. The Kier molecular flexibility index (Phi) is 3.82. The van der Waals surface area contributed by atoms with Gasteiger partial charge in [0.05, 0.1) is 7.11 Å². The first-order valence-corrected chi connectivity index (χ1v) is 5.91. The van der Waals surface area contributed by atoms with Crippen molar-refractivity contribution in [3.63, 3.8) is 0 Å². The van der Waals surface area contributed by atoms with Crippen LogP contribution >= 0.6 is 0 Å². The maximum absolute atomic E-state index is 5.52. The van der Waals surface area contributed by atoms with Crippen molar-refractivity contribution >= 4 is 6.01 Å². The molecule has 96 valence electrons. The molecule has 0 fully saturated rings. The van der Waals surface area contributed by atoms with E-state index in [4.69, 9.17) is 9.15 Å². The van der Waals surface area contributed by atoms with E-state index in [1.54, 1.807) is 7.11 Å². The molecule has 2 aromatic rings. The molecule has 5 heteroatoms. The maximum Gasteiger partial charge on any atom is 0.315 e. The fourth-order valence-corrected chi connectivity index (χ4v) is 1.44. The van der Waals surface area contributed by atoms with Crippen LogP contribution in [0.5, 0.6) is 5.75 Å². The number of rotatable bonds is 5. The lowest BCUT2D eigenvalue weighted by atomic mass is 10.2. The van der Waals surface area contributed by atoms with Crippen molar-refractivity contribution in [1.29, 1.82) is 0 Å². The summed E-state index contributed by atoms with van der Waals surface area (Å²) in [6.07, 6.45) is 0. The van der Waals surface area contributed by atoms with Crippen LogP contribution < -0.4 is 10.1 Å². The van der Waals surface area contributed by atoms with Crippen molar-refractivity contribution in [1.82, 2.24) is 10.2 Å². The Balaban J connectivity index is 2.08. The molecule has 5 nitrogen and oxygen atoms in total. The Bertz CT molecular complexity index is 491. The zero-order valence-corrected chi connectivity index (χ0v) is 10.8. The second-order valence-corrected chi connectivity index (χ2v) is 4.42. The third-order valence-electron chi connectivity index (χ3n) is 2.42. The summed E-state index contributed by atoms with van der Waals surface area (Å²) in [5.74, 6) is 1.83. The number of hydrogen-bond acceptors (Lipinski definition) is 5. The van der Waals surface area contributed by atoms with E-state index < -0.39 is 0 Å². The highest BCUT2D eigenvalue weighted by molar-refractivity contribution is 5.54. The van der Waals surface area contributed by atoms with Crippen LogP contribution in [-0.2, 0) is 0 Å². The minimum absolute atomic E-state index is 0.453. The van der Waals surface area contributed by atoms with E-state index in [1.165, 1.54) is 0 Å². The SMILES string of the molecule is COc1ccc(-c2nnc(NCC(C)C)o2)cc1. The standard InChI is InChI=1S/C13H17N3O2/c1-9(2)8-14-13-16-15-12(18-13)10-4-6-11(17-3)7-5-10/h4-7,9H,8H2,1-3H3,(H,14,16). The topological polar surface area (TPSA) is 60.2 Å². The Labute approximate surface area is 106 Å². The number of hydrogen-bond donors (Lipinski definition) is 1. The molecule has 0 spiro atoms. The van der Waals surface area contributed by atoms with Gasteiger partial charge in [0.25, 0.3) is 0 Å². The van der Waals surface area contributed by atoms with E-state index in [0.717, 1.165) is 17.9 Å². The number of nitrogens with one attached hydrogen (secondary N) is 1. The number of anilines is 1. The van der Waals surface area contributed by atoms with Gasteiger partial charge < -0.3 is 14.5 Å². The van der Waals surface area contributed by atoms with Gasteiger partial charge >= 0.3 is 6.01 Å². The Morgan fingerprint density at radius 3 is 2.56 bits per heavy atom. The van der Waals surface area contributed by atoms with Gasteiger partial charge in [0, 0.05) is 12.1 Å². The molecule has 0 saturated heterocycles. The van der Waals surface area contributed by atoms with Crippen LogP contribution in [-0.4, -0.2) is 23.9 Å². The van der Waals surface area contributed by atoms with E-state index in [-0.39, 0.29) is 0 Å². The normalized spacial score (nSPS) is 10.7. The van der Waals surface area contributed by atoms with Crippen LogP contribution in [0.1, 0.15) is 13.8 Å². The fraction of sp³-hybridized carbons (Fsp3) is 0.385. The Morgan fingerprint density at radius 1 is 1.22 bits per heavy atom. The highest BCUT2D eigenvalue weighted by Gasteiger charge is 2.08. The largest absolute Gasteiger partial charge is 0.497 e. The number of benzene rings is 1. The molecule has 0 unspecified atom stereocenters. The molecule has 0 amide bonds. The van der Waals surface area contributed by atoms with E-state index in [1.807, 2.05) is 24.3 Å². The van der Waals surface area contributed by atoms with E-state index in [0.29, 0.717) is 17.8 Å². The molecule has 1 N–H and O–H groups in total. The minimum atomic E-state index is 0.453. The number of aromatic nitrogens is 2. The molecule has 2 rings (SSSR count). The molecule has 0 aliphatic rings. The molecular formula is C13H17N3O2. The molecule has 18 heavy (non-hydrogen) atoms.